The number of ether oxygens (including phenoxy) is 2. The first-order valence-electron chi connectivity index (χ1n) is 6.76. The van der Waals surface area contributed by atoms with Crippen LogP contribution >= 0.6 is 0 Å². The lowest BCUT2D eigenvalue weighted by Gasteiger charge is -2.22. The van der Waals surface area contributed by atoms with Crippen molar-refractivity contribution in [3.8, 4) is 5.75 Å². The van der Waals surface area contributed by atoms with Crippen LogP contribution in [0, 0.1) is 5.92 Å². The Kier molecular flexibility index (Phi) is 5.21. The van der Waals surface area contributed by atoms with Crippen molar-refractivity contribution in [1.82, 2.24) is 5.32 Å². The van der Waals surface area contributed by atoms with E-state index in [1.54, 1.807) is 7.11 Å². The molecule has 1 amide bonds. The summed E-state index contributed by atoms with van der Waals surface area (Å²) in [6.07, 6.45) is 2.44. The Morgan fingerprint density at radius 1 is 1.37 bits per heavy atom. The fourth-order valence-electron chi connectivity index (χ4n) is 2.29. The van der Waals surface area contributed by atoms with Gasteiger partial charge in [-0.2, -0.15) is 0 Å². The number of carbonyl (C=O) groups is 1. The van der Waals surface area contributed by atoms with Crippen LogP contribution in [0.3, 0.4) is 0 Å². The summed E-state index contributed by atoms with van der Waals surface area (Å²) in [7, 11) is 1.62. The van der Waals surface area contributed by atoms with E-state index < -0.39 is 0 Å². The predicted molar refractivity (Wildman–Crippen MR) is 73.3 cm³/mol. The van der Waals surface area contributed by atoms with E-state index in [0.29, 0.717) is 12.3 Å². The van der Waals surface area contributed by atoms with Gasteiger partial charge in [0.2, 0.25) is 5.91 Å². The van der Waals surface area contributed by atoms with Crippen molar-refractivity contribution >= 4 is 5.91 Å². The van der Waals surface area contributed by atoms with Gasteiger partial charge in [-0.15, -0.1) is 0 Å². The highest BCUT2D eigenvalue weighted by Crippen LogP contribution is 2.18. The Morgan fingerprint density at radius 2 is 2.11 bits per heavy atom. The molecule has 0 bridgehead atoms. The molecule has 104 valence electrons. The fourth-order valence-corrected chi connectivity index (χ4v) is 2.29. The molecule has 1 fully saturated rings. The van der Waals surface area contributed by atoms with Crippen LogP contribution in [-0.4, -0.2) is 32.8 Å². The second-order valence-electron chi connectivity index (χ2n) is 4.85. The van der Waals surface area contributed by atoms with Crippen LogP contribution in [-0.2, 0) is 16.0 Å². The summed E-state index contributed by atoms with van der Waals surface area (Å²) in [6, 6.07) is 7.62. The highest BCUT2D eigenvalue weighted by molar-refractivity contribution is 5.79. The van der Waals surface area contributed by atoms with Gasteiger partial charge in [-0.1, -0.05) is 18.2 Å². The monoisotopic (exact) mass is 263 g/mol. The molecular weight excluding hydrogens is 242 g/mol. The third-order valence-corrected chi connectivity index (χ3v) is 3.47. The average Bonchev–Trinajstić information content (AvgIpc) is 2.47. The minimum absolute atomic E-state index is 0.0518. The topological polar surface area (TPSA) is 47.6 Å². The summed E-state index contributed by atoms with van der Waals surface area (Å²) < 4.78 is 10.5. The normalized spacial score (nSPS) is 16.1. The summed E-state index contributed by atoms with van der Waals surface area (Å²) in [4.78, 5) is 11.9. The van der Waals surface area contributed by atoms with E-state index in [0.717, 1.165) is 43.9 Å². The van der Waals surface area contributed by atoms with Crippen molar-refractivity contribution < 1.29 is 14.3 Å². The Labute approximate surface area is 114 Å². The molecule has 0 atom stereocenters. The van der Waals surface area contributed by atoms with E-state index >= 15 is 0 Å². The van der Waals surface area contributed by atoms with Gasteiger partial charge >= 0.3 is 0 Å². The van der Waals surface area contributed by atoms with Gasteiger partial charge in [0.1, 0.15) is 5.75 Å². The van der Waals surface area contributed by atoms with Crippen LogP contribution in [0.1, 0.15) is 18.4 Å². The zero-order valence-electron chi connectivity index (χ0n) is 11.4. The quantitative estimate of drug-likeness (QED) is 0.881. The van der Waals surface area contributed by atoms with Crippen LogP contribution in [0.15, 0.2) is 24.3 Å². The molecule has 0 radical (unpaired) electrons. The molecule has 1 heterocycles. The number of hydrogen-bond acceptors (Lipinski definition) is 3. The molecule has 0 spiro atoms. The van der Waals surface area contributed by atoms with Gasteiger partial charge in [0, 0.05) is 25.3 Å². The largest absolute Gasteiger partial charge is 0.496 e. The van der Waals surface area contributed by atoms with Crippen molar-refractivity contribution in [3.05, 3.63) is 29.8 Å². The van der Waals surface area contributed by atoms with Crippen molar-refractivity contribution in [2.24, 2.45) is 5.92 Å². The molecule has 1 aliphatic heterocycles. The van der Waals surface area contributed by atoms with Gasteiger partial charge in [-0.05, 0) is 24.8 Å². The Hall–Kier alpha value is -1.55. The van der Waals surface area contributed by atoms with E-state index in [2.05, 4.69) is 5.32 Å². The number of methoxy groups -OCH3 is 1. The highest BCUT2D eigenvalue weighted by atomic mass is 16.5. The third kappa shape index (κ3) is 4.24. The number of rotatable bonds is 5. The first kappa shape index (κ1) is 13.9. The van der Waals surface area contributed by atoms with E-state index in [4.69, 9.17) is 9.47 Å². The van der Waals surface area contributed by atoms with Crippen LogP contribution < -0.4 is 10.1 Å². The maximum absolute atomic E-state index is 11.9. The molecule has 0 aliphatic carbocycles. The second-order valence-corrected chi connectivity index (χ2v) is 4.85. The van der Waals surface area contributed by atoms with Gasteiger partial charge in [0.05, 0.1) is 13.5 Å². The summed E-state index contributed by atoms with van der Waals surface area (Å²) in [6.45, 7) is 2.37. The van der Waals surface area contributed by atoms with Crippen LogP contribution in [0.4, 0.5) is 0 Å². The summed E-state index contributed by atoms with van der Waals surface area (Å²) >= 11 is 0. The highest BCUT2D eigenvalue weighted by Gasteiger charge is 2.15. The maximum Gasteiger partial charge on any atom is 0.224 e. The fraction of sp³-hybridized carbons (Fsp3) is 0.533. The predicted octanol–water partition coefficient (Wildman–Crippen LogP) is 1.78. The van der Waals surface area contributed by atoms with Gasteiger partial charge < -0.3 is 14.8 Å². The lowest BCUT2D eigenvalue weighted by molar-refractivity contribution is -0.120. The molecule has 2 rings (SSSR count). The molecule has 0 saturated carbocycles. The molecule has 4 nitrogen and oxygen atoms in total. The van der Waals surface area contributed by atoms with Crippen LogP contribution in [0.25, 0.3) is 0 Å². The molecule has 1 saturated heterocycles. The molecule has 4 heteroatoms. The Balaban J connectivity index is 1.80. The number of para-hydroxylation sites is 1. The molecule has 0 unspecified atom stereocenters. The van der Waals surface area contributed by atoms with Gasteiger partial charge in [-0.25, -0.2) is 0 Å². The molecule has 19 heavy (non-hydrogen) atoms. The number of amides is 1. The number of benzene rings is 1. The minimum atomic E-state index is 0.0518. The van der Waals surface area contributed by atoms with E-state index in [1.807, 2.05) is 24.3 Å². The lowest BCUT2D eigenvalue weighted by atomic mass is 10.0. The first-order valence-corrected chi connectivity index (χ1v) is 6.76. The molecular formula is C15H21NO3. The van der Waals surface area contributed by atoms with Crippen LogP contribution in [0.2, 0.25) is 0 Å². The zero-order chi connectivity index (χ0) is 13.5. The zero-order valence-corrected chi connectivity index (χ0v) is 11.4. The molecule has 1 aromatic carbocycles. The van der Waals surface area contributed by atoms with Crippen molar-refractivity contribution in [1.29, 1.82) is 0 Å². The van der Waals surface area contributed by atoms with E-state index in [-0.39, 0.29) is 5.91 Å². The summed E-state index contributed by atoms with van der Waals surface area (Å²) in [5.41, 5.74) is 0.925. The number of carbonyl (C=O) groups excluding carboxylic acids is 1. The first-order chi connectivity index (χ1) is 9.29. The van der Waals surface area contributed by atoms with E-state index in [9.17, 15) is 4.79 Å². The summed E-state index contributed by atoms with van der Waals surface area (Å²) in [5.74, 6) is 1.37. The lowest BCUT2D eigenvalue weighted by Crippen LogP contribution is -2.33. The molecule has 1 aliphatic rings. The maximum atomic E-state index is 11.9. The third-order valence-electron chi connectivity index (χ3n) is 3.47. The smallest absolute Gasteiger partial charge is 0.224 e. The van der Waals surface area contributed by atoms with Gasteiger partial charge in [0.15, 0.2) is 0 Å². The second kappa shape index (κ2) is 7.14. The van der Waals surface area contributed by atoms with Crippen molar-refractivity contribution in [3.63, 3.8) is 0 Å². The Morgan fingerprint density at radius 3 is 2.84 bits per heavy atom. The molecule has 0 aromatic heterocycles. The SMILES string of the molecule is COc1ccccc1CC(=O)NCC1CCOCC1. The standard InChI is InChI=1S/C15H21NO3/c1-18-14-5-3-2-4-13(14)10-15(17)16-11-12-6-8-19-9-7-12/h2-5,12H,6-11H2,1H3,(H,16,17). The van der Waals surface area contributed by atoms with E-state index in [1.165, 1.54) is 0 Å². The number of nitrogens with one attached hydrogen (secondary N) is 1. The average molecular weight is 263 g/mol. The van der Waals surface area contributed by atoms with Crippen molar-refractivity contribution in [2.75, 3.05) is 26.9 Å². The Bertz CT molecular complexity index is 414. The van der Waals surface area contributed by atoms with Gasteiger partial charge in [-0.3, -0.25) is 4.79 Å². The van der Waals surface area contributed by atoms with Gasteiger partial charge in [0.25, 0.3) is 0 Å². The van der Waals surface area contributed by atoms with Crippen LogP contribution in [0.5, 0.6) is 5.75 Å². The number of hydrogen-bond donors (Lipinski definition) is 1. The molecule has 1 aromatic rings. The minimum Gasteiger partial charge on any atom is -0.496 e. The molecule has 1 N–H and O–H groups in total. The summed E-state index contributed by atoms with van der Waals surface area (Å²) in [5, 5.41) is 3.00. The van der Waals surface area contributed by atoms with Crippen molar-refractivity contribution in [2.45, 2.75) is 19.3 Å².